The van der Waals surface area contributed by atoms with Crippen molar-refractivity contribution >= 4 is 20.9 Å². The summed E-state index contributed by atoms with van der Waals surface area (Å²) in [6, 6.07) is 0. The van der Waals surface area contributed by atoms with E-state index in [4.69, 9.17) is 0 Å². The first-order chi connectivity index (χ1) is 9.78. The molecule has 116 valence electrons. The molecule has 9 heteroatoms. The number of carbonyl (C=O) groups excluding carboxylic acids is 1. The van der Waals surface area contributed by atoms with E-state index in [1.54, 1.807) is 12.2 Å². The molecule has 0 spiro atoms. The van der Waals surface area contributed by atoms with Crippen molar-refractivity contribution in [3.8, 4) is 0 Å². The molecular formula is C12H16N2O6S. The highest BCUT2D eigenvalue weighted by molar-refractivity contribution is 8.04. The van der Waals surface area contributed by atoms with Crippen LogP contribution in [0.3, 0.4) is 0 Å². The predicted molar refractivity (Wildman–Crippen MR) is 73.4 cm³/mol. The summed E-state index contributed by atoms with van der Waals surface area (Å²) in [5.74, 6) is -4.65. The zero-order valence-corrected chi connectivity index (χ0v) is 11.9. The highest BCUT2D eigenvalue weighted by Crippen LogP contribution is 2.25. The van der Waals surface area contributed by atoms with E-state index < -0.39 is 32.9 Å². The van der Waals surface area contributed by atoms with E-state index in [2.05, 4.69) is 4.99 Å². The maximum atomic E-state index is 12.5. The molecule has 0 amide bonds. The Labute approximate surface area is 121 Å². The van der Waals surface area contributed by atoms with Crippen molar-refractivity contribution in [2.45, 2.75) is 31.3 Å². The molecule has 1 atom stereocenters. The van der Waals surface area contributed by atoms with Gasteiger partial charge in [-0.15, -0.1) is 4.31 Å². The lowest BCUT2D eigenvalue weighted by Crippen LogP contribution is -2.59. The van der Waals surface area contributed by atoms with E-state index in [0.717, 1.165) is 0 Å². The third-order valence-corrected chi connectivity index (χ3v) is 5.00. The number of hydrogen-bond donors (Lipinski definition) is 3. The van der Waals surface area contributed by atoms with E-state index in [0.29, 0.717) is 6.42 Å². The van der Waals surface area contributed by atoms with Gasteiger partial charge in [-0.05, 0) is 25.3 Å². The van der Waals surface area contributed by atoms with Gasteiger partial charge in [-0.1, -0.05) is 12.2 Å². The molecule has 0 saturated carbocycles. The fourth-order valence-electron chi connectivity index (χ4n) is 2.09. The van der Waals surface area contributed by atoms with E-state index in [9.17, 15) is 28.5 Å². The number of hydrogen-bond acceptors (Lipinski definition) is 7. The van der Waals surface area contributed by atoms with Crippen LogP contribution in [0.2, 0.25) is 0 Å². The standard InChI is InChI=1S/C12H16N2O6S/c15-9-5-4-8-14(12(17,18)11(9)16)21(19,20)10-6-2-1-3-7-13-10/h2-3,6-7,9,15,17-18H,1,4-5,8H2. The minimum absolute atomic E-state index is 0.0457. The van der Waals surface area contributed by atoms with Gasteiger partial charge in [-0.25, -0.2) is 13.4 Å². The SMILES string of the molecule is O=C1C(O)CCCN(S(=O)(=O)C2=NC=CCC=C2)C1(O)O. The van der Waals surface area contributed by atoms with Gasteiger partial charge in [0.1, 0.15) is 6.10 Å². The van der Waals surface area contributed by atoms with Crippen LogP contribution >= 0.6 is 0 Å². The molecule has 0 aromatic rings. The van der Waals surface area contributed by atoms with Gasteiger partial charge in [0.2, 0.25) is 5.78 Å². The molecule has 8 nitrogen and oxygen atoms in total. The number of nitrogens with zero attached hydrogens (tertiary/aromatic N) is 2. The normalized spacial score (nSPS) is 27.1. The van der Waals surface area contributed by atoms with E-state index in [1.807, 2.05) is 0 Å². The lowest BCUT2D eigenvalue weighted by molar-refractivity contribution is -0.227. The fraction of sp³-hybridized carbons (Fsp3) is 0.500. The topological polar surface area (TPSA) is 128 Å². The molecule has 3 N–H and O–H groups in total. The number of aliphatic imine (C=N–C) groups is 1. The number of allylic oxidation sites excluding steroid dienone is 2. The van der Waals surface area contributed by atoms with Crippen molar-refractivity contribution in [2.75, 3.05) is 6.54 Å². The molecule has 2 aliphatic heterocycles. The Hall–Kier alpha value is -1.39. The summed E-state index contributed by atoms with van der Waals surface area (Å²) in [5.41, 5.74) is 0. The monoisotopic (exact) mass is 316 g/mol. The zero-order valence-electron chi connectivity index (χ0n) is 11.1. The maximum Gasteiger partial charge on any atom is 0.303 e. The molecule has 1 unspecified atom stereocenters. The summed E-state index contributed by atoms with van der Waals surface area (Å²) >= 11 is 0. The predicted octanol–water partition coefficient (Wildman–Crippen LogP) is -1.15. The molecule has 0 aromatic carbocycles. The van der Waals surface area contributed by atoms with Crippen molar-refractivity contribution in [2.24, 2.45) is 4.99 Å². The Morgan fingerprint density at radius 3 is 2.76 bits per heavy atom. The van der Waals surface area contributed by atoms with Gasteiger partial charge in [0.15, 0.2) is 5.04 Å². The molecule has 1 fully saturated rings. The van der Waals surface area contributed by atoms with Gasteiger partial charge >= 0.3 is 5.91 Å². The zero-order chi connectivity index (χ0) is 15.7. The molecule has 0 bridgehead atoms. The molecule has 1 saturated heterocycles. The number of aliphatic hydroxyl groups is 3. The first-order valence-electron chi connectivity index (χ1n) is 6.37. The van der Waals surface area contributed by atoms with Crippen LogP contribution in [0.1, 0.15) is 19.3 Å². The van der Waals surface area contributed by atoms with Crippen LogP contribution in [0.25, 0.3) is 0 Å². The molecular weight excluding hydrogens is 300 g/mol. The van der Waals surface area contributed by atoms with Crippen molar-refractivity contribution in [1.29, 1.82) is 0 Å². The summed E-state index contributed by atoms with van der Waals surface area (Å²) in [6.45, 7) is -0.311. The number of aliphatic hydroxyl groups excluding tert-OH is 1. The first-order valence-corrected chi connectivity index (χ1v) is 7.81. The molecule has 0 aliphatic carbocycles. The van der Waals surface area contributed by atoms with Gasteiger partial charge in [-0.3, -0.25) is 4.79 Å². The molecule has 2 aliphatic rings. The van der Waals surface area contributed by atoms with Crippen LogP contribution in [0.5, 0.6) is 0 Å². The maximum absolute atomic E-state index is 12.5. The average molecular weight is 316 g/mol. The second-order valence-corrected chi connectivity index (χ2v) is 6.53. The van der Waals surface area contributed by atoms with Crippen molar-refractivity contribution in [3.05, 3.63) is 24.4 Å². The second kappa shape index (κ2) is 5.78. The third-order valence-electron chi connectivity index (χ3n) is 3.21. The van der Waals surface area contributed by atoms with Gasteiger partial charge in [0, 0.05) is 12.7 Å². The Bertz CT molecular complexity index is 620. The van der Waals surface area contributed by atoms with Crippen LogP contribution in [0.15, 0.2) is 29.4 Å². The van der Waals surface area contributed by atoms with Crippen LogP contribution < -0.4 is 0 Å². The van der Waals surface area contributed by atoms with Gasteiger partial charge in [0.05, 0.1) is 0 Å². The molecule has 0 aromatic heterocycles. The average Bonchev–Trinajstić information content (AvgIpc) is 2.74. The van der Waals surface area contributed by atoms with Crippen molar-refractivity contribution in [1.82, 2.24) is 4.31 Å². The largest absolute Gasteiger partial charge is 0.385 e. The minimum atomic E-state index is -4.38. The van der Waals surface area contributed by atoms with Gasteiger partial charge in [0.25, 0.3) is 10.0 Å². The Balaban J connectivity index is 2.45. The lowest BCUT2D eigenvalue weighted by Gasteiger charge is -2.31. The van der Waals surface area contributed by atoms with Crippen molar-refractivity contribution < 1.29 is 28.5 Å². The number of Topliss-reactive ketones (excluding diaryl/α,β-unsaturated/α-hetero) is 1. The summed E-state index contributed by atoms with van der Waals surface area (Å²) in [5, 5.41) is 28.9. The van der Waals surface area contributed by atoms with E-state index >= 15 is 0 Å². The minimum Gasteiger partial charge on any atom is -0.385 e. The second-order valence-electron chi connectivity index (χ2n) is 4.73. The summed E-state index contributed by atoms with van der Waals surface area (Å²) in [4.78, 5) is 15.5. The smallest absolute Gasteiger partial charge is 0.303 e. The summed E-state index contributed by atoms with van der Waals surface area (Å²) < 4.78 is 25.2. The first kappa shape index (κ1) is 16.0. The summed E-state index contributed by atoms with van der Waals surface area (Å²) in [7, 11) is -4.38. The van der Waals surface area contributed by atoms with Gasteiger partial charge < -0.3 is 15.3 Å². The lowest BCUT2D eigenvalue weighted by atomic mass is 10.1. The third kappa shape index (κ3) is 2.97. The Morgan fingerprint density at radius 2 is 2.05 bits per heavy atom. The number of sulfonamides is 1. The molecule has 0 radical (unpaired) electrons. The molecule has 21 heavy (non-hydrogen) atoms. The van der Waals surface area contributed by atoms with Crippen LogP contribution in [-0.4, -0.2) is 57.4 Å². The molecule has 2 rings (SSSR count). The van der Waals surface area contributed by atoms with E-state index in [1.165, 1.54) is 12.3 Å². The fourth-order valence-corrected chi connectivity index (χ4v) is 3.58. The number of carbonyl (C=O) groups is 1. The van der Waals surface area contributed by atoms with E-state index in [-0.39, 0.29) is 23.7 Å². The quantitative estimate of drug-likeness (QED) is 0.524. The highest BCUT2D eigenvalue weighted by atomic mass is 32.2. The Kier molecular flexibility index (Phi) is 4.40. The number of rotatable bonds is 1. The molecule has 2 heterocycles. The summed E-state index contributed by atoms with van der Waals surface area (Å²) in [6.07, 6.45) is 4.63. The Morgan fingerprint density at radius 1 is 1.33 bits per heavy atom. The van der Waals surface area contributed by atoms with Gasteiger partial charge in [-0.2, -0.15) is 0 Å². The highest BCUT2D eigenvalue weighted by Gasteiger charge is 2.51. The van der Waals surface area contributed by atoms with Crippen LogP contribution in [0.4, 0.5) is 0 Å². The van der Waals surface area contributed by atoms with Crippen molar-refractivity contribution in [3.63, 3.8) is 0 Å². The van der Waals surface area contributed by atoms with Crippen LogP contribution in [-0.2, 0) is 14.8 Å². The number of ketones is 1. The van der Waals surface area contributed by atoms with Crippen LogP contribution in [0, 0.1) is 0 Å².